The molecule has 1 aliphatic rings. The van der Waals surface area contributed by atoms with Gasteiger partial charge in [-0.3, -0.25) is 9.89 Å². The fraction of sp³-hybridized carbons (Fsp3) is 0.714. The molecule has 1 saturated carbocycles. The molecule has 1 aliphatic carbocycles. The summed E-state index contributed by atoms with van der Waals surface area (Å²) in [5.41, 5.74) is 6.80. The fourth-order valence-corrected chi connectivity index (χ4v) is 2.75. The second-order valence-corrected chi connectivity index (χ2v) is 5.74. The van der Waals surface area contributed by atoms with Crippen LogP contribution >= 0.6 is 0 Å². The number of nitrogens with one attached hydrogen (secondary N) is 2. The summed E-state index contributed by atoms with van der Waals surface area (Å²) in [5, 5.41) is 10.00. The van der Waals surface area contributed by atoms with Gasteiger partial charge in [0.05, 0.1) is 0 Å². The standard InChI is InChI=1S/C14H24N4O/c1-9(2)12-7-13(18-17-12)16-14(19)11-6-4-3-5-10(11)8-15/h7,9-11H,3-6,8,15H2,1-2H3,(H2,16,17,18,19). The maximum Gasteiger partial charge on any atom is 0.229 e. The molecule has 0 bridgehead atoms. The van der Waals surface area contributed by atoms with Crippen LogP contribution in [-0.2, 0) is 4.79 Å². The Kier molecular flexibility index (Phi) is 4.58. The Hall–Kier alpha value is -1.36. The third-order valence-corrected chi connectivity index (χ3v) is 4.02. The minimum atomic E-state index is 0.0398. The molecule has 2 atom stereocenters. The molecule has 0 aliphatic heterocycles. The maximum atomic E-state index is 12.3. The Labute approximate surface area is 114 Å². The van der Waals surface area contributed by atoms with Crippen LogP contribution in [0.4, 0.5) is 5.82 Å². The van der Waals surface area contributed by atoms with Crippen molar-refractivity contribution >= 4 is 11.7 Å². The van der Waals surface area contributed by atoms with Crippen molar-refractivity contribution in [3.63, 3.8) is 0 Å². The van der Waals surface area contributed by atoms with E-state index in [1.807, 2.05) is 6.07 Å². The molecular formula is C14H24N4O. The summed E-state index contributed by atoms with van der Waals surface area (Å²) < 4.78 is 0. The van der Waals surface area contributed by atoms with Crippen molar-refractivity contribution < 1.29 is 4.79 Å². The van der Waals surface area contributed by atoms with Crippen molar-refractivity contribution in [2.45, 2.75) is 45.4 Å². The highest BCUT2D eigenvalue weighted by atomic mass is 16.2. The first kappa shape index (κ1) is 14.1. The minimum Gasteiger partial charge on any atom is -0.330 e. The van der Waals surface area contributed by atoms with Crippen molar-refractivity contribution in [1.82, 2.24) is 10.2 Å². The highest BCUT2D eigenvalue weighted by molar-refractivity contribution is 5.92. The van der Waals surface area contributed by atoms with Crippen LogP contribution < -0.4 is 11.1 Å². The summed E-state index contributed by atoms with van der Waals surface area (Å²) in [4.78, 5) is 12.3. The molecule has 0 saturated heterocycles. The normalized spacial score (nSPS) is 23.6. The van der Waals surface area contributed by atoms with Crippen LogP contribution in [0.3, 0.4) is 0 Å². The van der Waals surface area contributed by atoms with Crippen LogP contribution in [0.1, 0.15) is 51.1 Å². The summed E-state index contributed by atoms with van der Waals surface area (Å²) in [5.74, 6) is 1.42. The van der Waals surface area contributed by atoms with Gasteiger partial charge in [-0.2, -0.15) is 5.10 Å². The lowest BCUT2D eigenvalue weighted by Gasteiger charge is -2.29. The van der Waals surface area contributed by atoms with E-state index in [1.54, 1.807) is 0 Å². The zero-order chi connectivity index (χ0) is 13.8. The fourth-order valence-electron chi connectivity index (χ4n) is 2.75. The van der Waals surface area contributed by atoms with E-state index in [9.17, 15) is 4.79 Å². The molecule has 1 amide bonds. The van der Waals surface area contributed by atoms with Crippen molar-refractivity contribution in [1.29, 1.82) is 0 Å². The number of carbonyl (C=O) groups excluding carboxylic acids is 1. The molecule has 0 radical (unpaired) electrons. The molecule has 2 unspecified atom stereocenters. The van der Waals surface area contributed by atoms with Crippen LogP contribution in [0.15, 0.2) is 6.07 Å². The number of amides is 1. The van der Waals surface area contributed by atoms with Crippen LogP contribution in [0.25, 0.3) is 0 Å². The third-order valence-electron chi connectivity index (χ3n) is 4.02. The van der Waals surface area contributed by atoms with Gasteiger partial charge in [0, 0.05) is 17.7 Å². The lowest BCUT2D eigenvalue weighted by Crippen LogP contribution is -2.35. The van der Waals surface area contributed by atoms with Crippen molar-refractivity contribution in [2.75, 3.05) is 11.9 Å². The van der Waals surface area contributed by atoms with Gasteiger partial charge in [-0.15, -0.1) is 0 Å². The second kappa shape index (κ2) is 6.19. The van der Waals surface area contributed by atoms with Crippen LogP contribution in [0.2, 0.25) is 0 Å². The summed E-state index contributed by atoms with van der Waals surface area (Å²) in [7, 11) is 0. The predicted molar refractivity (Wildman–Crippen MR) is 75.8 cm³/mol. The number of carbonyl (C=O) groups is 1. The number of hydrogen-bond donors (Lipinski definition) is 3. The Morgan fingerprint density at radius 1 is 1.53 bits per heavy atom. The van der Waals surface area contributed by atoms with Gasteiger partial charge < -0.3 is 11.1 Å². The summed E-state index contributed by atoms with van der Waals surface area (Å²) in [6, 6.07) is 1.91. The van der Waals surface area contributed by atoms with E-state index < -0.39 is 0 Å². The van der Waals surface area contributed by atoms with Crippen molar-refractivity contribution in [3.05, 3.63) is 11.8 Å². The Morgan fingerprint density at radius 3 is 2.89 bits per heavy atom. The third kappa shape index (κ3) is 3.35. The Bertz CT molecular complexity index is 427. The van der Waals surface area contributed by atoms with Crippen molar-refractivity contribution in [2.24, 2.45) is 17.6 Å². The van der Waals surface area contributed by atoms with Gasteiger partial charge in [0.15, 0.2) is 5.82 Å². The van der Waals surface area contributed by atoms with E-state index in [0.717, 1.165) is 25.0 Å². The van der Waals surface area contributed by atoms with Gasteiger partial charge in [0.2, 0.25) is 5.91 Å². The Balaban J connectivity index is 1.99. The number of H-pyrrole nitrogens is 1. The average molecular weight is 264 g/mol. The monoisotopic (exact) mass is 264 g/mol. The van der Waals surface area contributed by atoms with E-state index >= 15 is 0 Å². The first-order valence-corrected chi connectivity index (χ1v) is 7.18. The molecule has 106 valence electrons. The van der Waals surface area contributed by atoms with Crippen LogP contribution in [0, 0.1) is 11.8 Å². The number of hydrogen-bond acceptors (Lipinski definition) is 3. The molecule has 5 heteroatoms. The maximum absolute atomic E-state index is 12.3. The predicted octanol–water partition coefficient (Wildman–Crippen LogP) is 2.24. The first-order chi connectivity index (χ1) is 9.11. The molecule has 1 fully saturated rings. The van der Waals surface area contributed by atoms with E-state index in [4.69, 9.17) is 5.73 Å². The first-order valence-electron chi connectivity index (χ1n) is 7.18. The quantitative estimate of drug-likeness (QED) is 0.779. The van der Waals surface area contributed by atoms with E-state index in [-0.39, 0.29) is 11.8 Å². The number of nitrogens with zero attached hydrogens (tertiary/aromatic N) is 1. The molecular weight excluding hydrogens is 240 g/mol. The van der Waals surface area contributed by atoms with Crippen LogP contribution in [0.5, 0.6) is 0 Å². The van der Waals surface area contributed by atoms with Gasteiger partial charge in [0.1, 0.15) is 0 Å². The number of aromatic amines is 1. The number of nitrogens with two attached hydrogens (primary N) is 1. The van der Waals surface area contributed by atoms with Gasteiger partial charge in [-0.25, -0.2) is 0 Å². The van der Waals surface area contributed by atoms with Gasteiger partial charge >= 0.3 is 0 Å². The van der Waals surface area contributed by atoms with Crippen molar-refractivity contribution in [3.8, 4) is 0 Å². The zero-order valence-electron chi connectivity index (χ0n) is 11.8. The average Bonchev–Trinajstić information content (AvgIpc) is 2.87. The molecule has 19 heavy (non-hydrogen) atoms. The molecule has 1 aromatic heterocycles. The molecule has 1 aromatic rings. The smallest absolute Gasteiger partial charge is 0.229 e. The lowest BCUT2D eigenvalue weighted by atomic mass is 9.79. The van der Waals surface area contributed by atoms with E-state index in [2.05, 4.69) is 29.4 Å². The van der Waals surface area contributed by atoms with Gasteiger partial charge in [-0.05, 0) is 31.2 Å². The molecule has 1 heterocycles. The van der Waals surface area contributed by atoms with Crippen LogP contribution in [-0.4, -0.2) is 22.6 Å². The molecule has 0 aromatic carbocycles. The number of anilines is 1. The van der Waals surface area contributed by atoms with Gasteiger partial charge in [-0.1, -0.05) is 26.7 Å². The number of aromatic nitrogens is 2. The Morgan fingerprint density at radius 2 is 2.26 bits per heavy atom. The highest BCUT2D eigenvalue weighted by Gasteiger charge is 2.30. The summed E-state index contributed by atoms with van der Waals surface area (Å²) in [6.07, 6.45) is 4.31. The highest BCUT2D eigenvalue weighted by Crippen LogP contribution is 2.30. The summed E-state index contributed by atoms with van der Waals surface area (Å²) in [6.45, 7) is 4.77. The molecule has 5 nitrogen and oxygen atoms in total. The number of rotatable bonds is 4. The van der Waals surface area contributed by atoms with E-state index in [0.29, 0.717) is 24.2 Å². The largest absolute Gasteiger partial charge is 0.330 e. The minimum absolute atomic E-state index is 0.0398. The SMILES string of the molecule is CC(C)c1cc(NC(=O)C2CCCCC2CN)n[nH]1. The van der Waals surface area contributed by atoms with Gasteiger partial charge in [0.25, 0.3) is 0 Å². The topological polar surface area (TPSA) is 83.8 Å². The zero-order valence-corrected chi connectivity index (χ0v) is 11.8. The summed E-state index contributed by atoms with van der Waals surface area (Å²) >= 11 is 0. The molecule has 2 rings (SSSR count). The molecule has 0 spiro atoms. The second-order valence-electron chi connectivity index (χ2n) is 5.74. The van der Waals surface area contributed by atoms with E-state index in [1.165, 1.54) is 6.42 Å². The lowest BCUT2D eigenvalue weighted by molar-refractivity contribution is -0.122. The molecule has 4 N–H and O–H groups in total.